The number of aromatic nitrogens is 1. The number of nitrogens with zero attached hydrogens (tertiary/aromatic N) is 1. The predicted octanol–water partition coefficient (Wildman–Crippen LogP) is 2.72. The maximum atomic E-state index is 11.4. The van der Waals surface area contributed by atoms with Crippen LogP contribution in [0.4, 0.5) is 0 Å². The van der Waals surface area contributed by atoms with Crippen molar-refractivity contribution < 1.29 is 9.90 Å². The fraction of sp³-hybridized carbons (Fsp3) is 0.625. The van der Waals surface area contributed by atoms with E-state index in [1.807, 2.05) is 12.3 Å². The van der Waals surface area contributed by atoms with Gasteiger partial charge in [-0.05, 0) is 54.7 Å². The van der Waals surface area contributed by atoms with Crippen LogP contribution in [0, 0.1) is 11.8 Å². The number of carbonyl (C=O) groups is 1. The molecule has 0 amide bonds. The van der Waals surface area contributed by atoms with Crippen LogP contribution in [0.25, 0.3) is 0 Å². The zero-order valence-electron chi connectivity index (χ0n) is 12.0. The Bertz CT molecular complexity index is 446. The van der Waals surface area contributed by atoms with Crippen molar-refractivity contribution in [1.29, 1.82) is 0 Å². The van der Waals surface area contributed by atoms with E-state index in [9.17, 15) is 9.90 Å². The van der Waals surface area contributed by atoms with Crippen LogP contribution in [0.3, 0.4) is 0 Å². The minimum Gasteiger partial charge on any atom is -0.393 e. The molecular formula is C16H23NO2. The summed E-state index contributed by atoms with van der Waals surface area (Å²) >= 11 is 0. The molecule has 1 aromatic heterocycles. The van der Waals surface area contributed by atoms with Crippen molar-refractivity contribution >= 4 is 5.78 Å². The number of rotatable bonds is 3. The molecule has 0 radical (unpaired) electrons. The van der Waals surface area contributed by atoms with Crippen molar-refractivity contribution in [2.24, 2.45) is 11.8 Å². The molecule has 0 aliphatic heterocycles. The molecule has 4 atom stereocenters. The molecule has 0 spiro atoms. The van der Waals surface area contributed by atoms with Gasteiger partial charge in [-0.15, -0.1) is 0 Å². The number of pyridine rings is 1. The first-order valence-electron chi connectivity index (χ1n) is 7.09. The Morgan fingerprint density at radius 2 is 2.00 bits per heavy atom. The van der Waals surface area contributed by atoms with E-state index in [2.05, 4.69) is 18.8 Å². The van der Waals surface area contributed by atoms with Crippen LogP contribution < -0.4 is 0 Å². The monoisotopic (exact) mass is 261 g/mol. The molecule has 2 rings (SSSR count). The molecule has 1 aromatic rings. The lowest BCUT2D eigenvalue weighted by molar-refractivity contribution is -0.116. The summed E-state index contributed by atoms with van der Waals surface area (Å²) in [6.07, 6.45) is 5.86. The summed E-state index contributed by atoms with van der Waals surface area (Å²) in [5.41, 5.74) is 2.30. The molecule has 104 valence electrons. The average Bonchev–Trinajstić information content (AvgIpc) is 2.35. The van der Waals surface area contributed by atoms with Gasteiger partial charge in [-0.25, -0.2) is 0 Å². The largest absolute Gasteiger partial charge is 0.393 e. The number of hydrogen-bond acceptors (Lipinski definition) is 3. The molecule has 19 heavy (non-hydrogen) atoms. The number of carbonyl (C=O) groups excluding carboxylic acids is 1. The van der Waals surface area contributed by atoms with Gasteiger partial charge in [0.05, 0.1) is 6.10 Å². The quantitative estimate of drug-likeness (QED) is 0.910. The Labute approximate surface area is 115 Å². The standard InChI is InChI=1S/C16H23NO2/c1-10-6-13(7-11(2)16(10)19)15-4-5-17-9-14(15)8-12(3)18/h4-5,9-11,13,16,19H,6-8H2,1-3H3/t10-,11+,13?,16?. The van der Waals surface area contributed by atoms with Gasteiger partial charge in [0.25, 0.3) is 0 Å². The zero-order valence-corrected chi connectivity index (χ0v) is 12.0. The summed E-state index contributed by atoms with van der Waals surface area (Å²) in [5, 5.41) is 10.1. The second-order valence-electron chi connectivity index (χ2n) is 6.07. The van der Waals surface area contributed by atoms with Crippen molar-refractivity contribution in [2.45, 2.75) is 52.1 Å². The van der Waals surface area contributed by atoms with Gasteiger partial charge in [0.2, 0.25) is 0 Å². The highest BCUT2D eigenvalue weighted by molar-refractivity contribution is 5.78. The fourth-order valence-electron chi connectivity index (χ4n) is 3.34. The lowest BCUT2D eigenvalue weighted by Crippen LogP contribution is -2.33. The summed E-state index contributed by atoms with van der Waals surface area (Å²) < 4.78 is 0. The lowest BCUT2D eigenvalue weighted by atomic mass is 9.71. The Kier molecular flexibility index (Phi) is 4.35. The predicted molar refractivity (Wildman–Crippen MR) is 74.9 cm³/mol. The minimum atomic E-state index is -0.200. The molecule has 0 aromatic carbocycles. The van der Waals surface area contributed by atoms with Gasteiger partial charge in [0.1, 0.15) is 5.78 Å². The molecule has 1 fully saturated rings. The lowest BCUT2D eigenvalue weighted by Gasteiger charge is -2.37. The van der Waals surface area contributed by atoms with E-state index in [1.54, 1.807) is 13.1 Å². The van der Waals surface area contributed by atoms with Gasteiger partial charge in [-0.3, -0.25) is 9.78 Å². The third-order valence-corrected chi connectivity index (χ3v) is 4.30. The second kappa shape index (κ2) is 5.83. The first-order valence-corrected chi connectivity index (χ1v) is 7.09. The van der Waals surface area contributed by atoms with Crippen LogP contribution in [0.15, 0.2) is 18.5 Å². The van der Waals surface area contributed by atoms with Crippen LogP contribution in [0.5, 0.6) is 0 Å². The highest BCUT2D eigenvalue weighted by Crippen LogP contribution is 2.40. The van der Waals surface area contributed by atoms with E-state index in [-0.39, 0.29) is 11.9 Å². The van der Waals surface area contributed by atoms with Gasteiger partial charge in [-0.1, -0.05) is 13.8 Å². The second-order valence-corrected chi connectivity index (χ2v) is 6.07. The van der Waals surface area contributed by atoms with E-state index in [0.717, 1.165) is 18.4 Å². The highest BCUT2D eigenvalue weighted by Gasteiger charge is 2.33. The van der Waals surface area contributed by atoms with Gasteiger partial charge in [-0.2, -0.15) is 0 Å². The maximum absolute atomic E-state index is 11.4. The van der Waals surface area contributed by atoms with Crippen LogP contribution in [0.1, 0.15) is 50.7 Å². The molecule has 1 saturated carbocycles. The Hall–Kier alpha value is -1.22. The Morgan fingerprint density at radius 3 is 2.58 bits per heavy atom. The summed E-state index contributed by atoms with van der Waals surface area (Å²) in [5.74, 6) is 1.23. The Morgan fingerprint density at radius 1 is 1.37 bits per heavy atom. The summed E-state index contributed by atoms with van der Waals surface area (Å²) in [6.45, 7) is 5.84. The number of Topliss-reactive ketones (excluding diaryl/α,β-unsaturated/α-hetero) is 1. The molecule has 1 aliphatic rings. The van der Waals surface area contributed by atoms with Crippen molar-refractivity contribution in [3.05, 3.63) is 29.6 Å². The molecule has 3 heteroatoms. The van der Waals surface area contributed by atoms with Gasteiger partial charge >= 0.3 is 0 Å². The van der Waals surface area contributed by atoms with Crippen LogP contribution in [-0.4, -0.2) is 22.0 Å². The molecule has 0 bridgehead atoms. The van der Waals surface area contributed by atoms with E-state index in [0.29, 0.717) is 24.2 Å². The molecule has 0 saturated heterocycles. The number of aliphatic hydroxyl groups excluding tert-OH is 1. The third kappa shape index (κ3) is 3.21. The Balaban J connectivity index is 2.24. The van der Waals surface area contributed by atoms with Gasteiger partial charge in [0.15, 0.2) is 0 Å². The van der Waals surface area contributed by atoms with Crippen LogP contribution in [0.2, 0.25) is 0 Å². The molecule has 3 nitrogen and oxygen atoms in total. The van der Waals surface area contributed by atoms with Crippen molar-refractivity contribution in [3.8, 4) is 0 Å². The molecule has 2 unspecified atom stereocenters. The first kappa shape index (κ1) is 14.2. The summed E-state index contributed by atoms with van der Waals surface area (Å²) in [7, 11) is 0. The maximum Gasteiger partial charge on any atom is 0.134 e. The van der Waals surface area contributed by atoms with E-state index in [1.165, 1.54) is 5.56 Å². The van der Waals surface area contributed by atoms with Gasteiger partial charge < -0.3 is 5.11 Å². The fourth-order valence-corrected chi connectivity index (χ4v) is 3.34. The van der Waals surface area contributed by atoms with E-state index >= 15 is 0 Å². The molecular weight excluding hydrogens is 238 g/mol. The minimum absolute atomic E-state index is 0.172. The zero-order chi connectivity index (χ0) is 14.0. The number of ketones is 1. The van der Waals surface area contributed by atoms with Gasteiger partial charge in [0, 0.05) is 18.8 Å². The molecule has 1 heterocycles. The van der Waals surface area contributed by atoms with E-state index in [4.69, 9.17) is 0 Å². The molecule has 1 aliphatic carbocycles. The smallest absolute Gasteiger partial charge is 0.134 e. The molecule has 1 N–H and O–H groups in total. The number of hydrogen-bond donors (Lipinski definition) is 1. The van der Waals surface area contributed by atoms with Crippen molar-refractivity contribution in [2.75, 3.05) is 0 Å². The van der Waals surface area contributed by atoms with Crippen LogP contribution in [-0.2, 0) is 11.2 Å². The van der Waals surface area contributed by atoms with Crippen LogP contribution >= 0.6 is 0 Å². The topological polar surface area (TPSA) is 50.2 Å². The number of aliphatic hydroxyl groups is 1. The normalized spacial score (nSPS) is 31.2. The average molecular weight is 261 g/mol. The SMILES string of the molecule is CC(=O)Cc1cnccc1C1C[C@@H](C)C(O)[C@@H](C)C1. The van der Waals surface area contributed by atoms with Crippen molar-refractivity contribution in [1.82, 2.24) is 4.98 Å². The van der Waals surface area contributed by atoms with E-state index < -0.39 is 0 Å². The first-order chi connectivity index (χ1) is 8.99. The summed E-state index contributed by atoms with van der Waals surface area (Å²) in [4.78, 5) is 15.5. The third-order valence-electron chi connectivity index (χ3n) is 4.30. The summed E-state index contributed by atoms with van der Waals surface area (Å²) in [6, 6.07) is 2.04. The highest BCUT2D eigenvalue weighted by atomic mass is 16.3. The van der Waals surface area contributed by atoms with Crippen molar-refractivity contribution in [3.63, 3.8) is 0 Å².